The fraction of sp³-hybridized carbons (Fsp3) is 0.222. The van der Waals surface area contributed by atoms with Crippen molar-refractivity contribution in [3.63, 3.8) is 0 Å². The second-order valence-electron chi connectivity index (χ2n) is 5.98. The van der Waals surface area contributed by atoms with E-state index in [2.05, 4.69) is 20.1 Å². The van der Waals surface area contributed by atoms with Gasteiger partial charge in [0.05, 0.1) is 30.4 Å². The molecule has 1 fully saturated rings. The Morgan fingerprint density at radius 1 is 1.04 bits per heavy atom. The first-order valence-electron chi connectivity index (χ1n) is 8.28. The lowest BCUT2D eigenvalue weighted by atomic mass is 10.1. The van der Waals surface area contributed by atoms with Crippen LogP contribution < -0.4 is 4.90 Å². The third kappa shape index (κ3) is 2.40. The van der Waals surface area contributed by atoms with Gasteiger partial charge < -0.3 is 9.64 Å². The number of anilines is 1. The fourth-order valence-electron chi connectivity index (χ4n) is 3.23. The van der Waals surface area contributed by atoms with Crippen LogP contribution in [0.2, 0.25) is 0 Å². The molecule has 1 aromatic carbocycles. The van der Waals surface area contributed by atoms with E-state index in [0.717, 1.165) is 46.4 Å². The van der Waals surface area contributed by atoms with Gasteiger partial charge in [-0.15, -0.1) is 0 Å². The fourth-order valence-corrected chi connectivity index (χ4v) is 3.23. The van der Waals surface area contributed by atoms with Gasteiger partial charge in [0.1, 0.15) is 5.52 Å². The maximum Gasteiger partial charge on any atom is 0.163 e. The summed E-state index contributed by atoms with van der Waals surface area (Å²) in [5, 5.41) is 8.15. The predicted molar refractivity (Wildman–Crippen MR) is 95.5 cm³/mol. The summed E-state index contributed by atoms with van der Waals surface area (Å²) in [6.45, 7) is 3.01. The Labute approximate surface area is 143 Å². The molecule has 0 saturated carbocycles. The zero-order valence-electron chi connectivity index (χ0n) is 13.5. The topological polar surface area (TPSA) is 79.8 Å². The van der Waals surface area contributed by atoms with Crippen molar-refractivity contribution in [1.29, 1.82) is 0 Å². The van der Waals surface area contributed by atoms with Crippen molar-refractivity contribution >= 4 is 27.8 Å². The maximum atomic E-state index is 5.48. The van der Waals surface area contributed by atoms with Crippen molar-refractivity contribution in [3.05, 3.63) is 42.7 Å². The van der Waals surface area contributed by atoms with Gasteiger partial charge in [0.2, 0.25) is 0 Å². The Bertz CT molecular complexity index is 1050. The molecule has 4 aromatic rings. The van der Waals surface area contributed by atoms with Crippen LogP contribution in [0.15, 0.2) is 42.7 Å². The van der Waals surface area contributed by atoms with E-state index in [9.17, 15) is 0 Å². The molecule has 0 radical (unpaired) electrons. The molecule has 3 aromatic heterocycles. The van der Waals surface area contributed by atoms with Gasteiger partial charge in [0, 0.05) is 30.2 Å². The number of pyridine rings is 1. The number of benzene rings is 1. The minimum absolute atomic E-state index is 0.689. The molecule has 1 aliphatic heterocycles. The molecule has 0 spiro atoms. The van der Waals surface area contributed by atoms with Crippen molar-refractivity contribution < 1.29 is 4.74 Å². The van der Waals surface area contributed by atoms with Gasteiger partial charge >= 0.3 is 0 Å². The number of morpholine rings is 1. The van der Waals surface area contributed by atoms with Gasteiger partial charge in [-0.3, -0.25) is 10.1 Å². The van der Waals surface area contributed by atoms with E-state index in [1.54, 1.807) is 6.20 Å². The Kier molecular flexibility index (Phi) is 3.31. The van der Waals surface area contributed by atoms with Crippen molar-refractivity contribution in [2.75, 3.05) is 31.2 Å². The summed E-state index contributed by atoms with van der Waals surface area (Å²) in [6.07, 6.45) is 3.60. The summed E-state index contributed by atoms with van der Waals surface area (Å²) in [6, 6.07) is 9.89. The number of fused-ring (bicyclic) bond motifs is 2. The lowest BCUT2D eigenvalue weighted by Crippen LogP contribution is -2.37. The average Bonchev–Trinajstić information content (AvgIpc) is 3.16. The second-order valence-corrected chi connectivity index (χ2v) is 5.98. The summed E-state index contributed by atoms with van der Waals surface area (Å²) >= 11 is 0. The van der Waals surface area contributed by atoms with E-state index in [0.29, 0.717) is 19.0 Å². The summed E-state index contributed by atoms with van der Waals surface area (Å²) < 4.78 is 5.48. The van der Waals surface area contributed by atoms with Gasteiger partial charge in [-0.05, 0) is 18.2 Å². The molecular weight excluding hydrogens is 316 g/mol. The molecule has 5 rings (SSSR count). The molecule has 1 saturated heterocycles. The predicted octanol–water partition coefficient (Wildman–Crippen LogP) is 2.40. The molecule has 0 amide bonds. The first-order chi connectivity index (χ1) is 12.4. The van der Waals surface area contributed by atoms with E-state index in [4.69, 9.17) is 14.7 Å². The third-order valence-corrected chi connectivity index (χ3v) is 4.47. The number of aromatic nitrogens is 5. The molecule has 25 heavy (non-hydrogen) atoms. The van der Waals surface area contributed by atoms with E-state index < -0.39 is 0 Å². The molecule has 0 aliphatic carbocycles. The second kappa shape index (κ2) is 5.78. The number of aromatic amines is 1. The van der Waals surface area contributed by atoms with Gasteiger partial charge in [-0.25, -0.2) is 9.97 Å². The lowest BCUT2D eigenvalue weighted by Gasteiger charge is -2.28. The average molecular weight is 332 g/mol. The van der Waals surface area contributed by atoms with Crippen LogP contribution in [0.3, 0.4) is 0 Å². The Morgan fingerprint density at radius 3 is 2.88 bits per heavy atom. The standard InChI is InChI=1S/C18H16N6O/c1-3-12(13-11-20-23-14(13)4-1)17-21-15-5-2-6-19-16(15)18(22-17)24-7-9-25-10-8-24/h1-6,11H,7-10H2,(H,20,23). The highest BCUT2D eigenvalue weighted by molar-refractivity contribution is 5.95. The molecule has 1 N–H and O–H groups in total. The highest BCUT2D eigenvalue weighted by Crippen LogP contribution is 2.30. The van der Waals surface area contributed by atoms with E-state index in [1.165, 1.54) is 0 Å². The van der Waals surface area contributed by atoms with Gasteiger partial charge in [-0.1, -0.05) is 12.1 Å². The quantitative estimate of drug-likeness (QED) is 0.607. The summed E-state index contributed by atoms with van der Waals surface area (Å²) in [4.78, 5) is 16.4. The van der Waals surface area contributed by atoms with E-state index in [-0.39, 0.29) is 0 Å². The van der Waals surface area contributed by atoms with Crippen LogP contribution in [-0.2, 0) is 4.74 Å². The number of nitrogens with one attached hydrogen (secondary N) is 1. The summed E-state index contributed by atoms with van der Waals surface area (Å²) in [5.41, 5.74) is 3.61. The number of rotatable bonds is 2. The van der Waals surface area contributed by atoms with Crippen molar-refractivity contribution in [3.8, 4) is 11.4 Å². The number of ether oxygens (including phenoxy) is 1. The van der Waals surface area contributed by atoms with Gasteiger partial charge in [0.15, 0.2) is 11.6 Å². The first kappa shape index (κ1) is 14.3. The number of nitrogens with zero attached hydrogens (tertiary/aromatic N) is 5. The number of H-pyrrole nitrogens is 1. The van der Waals surface area contributed by atoms with Crippen molar-refractivity contribution in [2.45, 2.75) is 0 Å². The lowest BCUT2D eigenvalue weighted by molar-refractivity contribution is 0.122. The van der Waals surface area contributed by atoms with Crippen LogP contribution in [0.5, 0.6) is 0 Å². The van der Waals surface area contributed by atoms with E-state index >= 15 is 0 Å². The smallest absolute Gasteiger partial charge is 0.163 e. The molecular formula is C18H16N6O. The SMILES string of the molecule is c1cnc2c(N3CCOCC3)nc(-c3cccc4[nH]ncc34)nc2c1. The molecule has 124 valence electrons. The van der Waals surface area contributed by atoms with Crippen LogP contribution >= 0.6 is 0 Å². The maximum absolute atomic E-state index is 5.48. The summed E-state index contributed by atoms with van der Waals surface area (Å²) in [7, 11) is 0. The molecule has 7 heteroatoms. The number of hydrogen-bond acceptors (Lipinski definition) is 6. The molecule has 4 heterocycles. The molecule has 7 nitrogen and oxygen atoms in total. The van der Waals surface area contributed by atoms with Crippen LogP contribution in [0, 0.1) is 0 Å². The van der Waals surface area contributed by atoms with Gasteiger partial charge in [-0.2, -0.15) is 5.10 Å². The van der Waals surface area contributed by atoms with Crippen LogP contribution in [0.1, 0.15) is 0 Å². The minimum atomic E-state index is 0.689. The van der Waals surface area contributed by atoms with Crippen LogP contribution in [0.4, 0.5) is 5.82 Å². The van der Waals surface area contributed by atoms with E-state index in [1.807, 2.05) is 36.5 Å². The monoisotopic (exact) mass is 332 g/mol. The van der Waals surface area contributed by atoms with Crippen LogP contribution in [0.25, 0.3) is 33.3 Å². The molecule has 0 unspecified atom stereocenters. The highest BCUT2D eigenvalue weighted by atomic mass is 16.5. The Hall–Kier alpha value is -3.06. The minimum Gasteiger partial charge on any atom is -0.378 e. The first-order valence-corrected chi connectivity index (χ1v) is 8.28. The zero-order chi connectivity index (χ0) is 16.6. The van der Waals surface area contributed by atoms with Crippen molar-refractivity contribution in [2.24, 2.45) is 0 Å². The Balaban J connectivity index is 1.75. The zero-order valence-corrected chi connectivity index (χ0v) is 13.5. The van der Waals surface area contributed by atoms with Gasteiger partial charge in [0.25, 0.3) is 0 Å². The van der Waals surface area contributed by atoms with Crippen LogP contribution in [-0.4, -0.2) is 51.5 Å². The summed E-state index contributed by atoms with van der Waals surface area (Å²) in [5.74, 6) is 1.55. The number of hydrogen-bond donors (Lipinski definition) is 1. The highest BCUT2D eigenvalue weighted by Gasteiger charge is 2.19. The van der Waals surface area contributed by atoms with Crippen molar-refractivity contribution in [1.82, 2.24) is 25.1 Å². The molecule has 0 atom stereocenters. The Morgan fingerprint density at radius 2 is 1.96 bits per heavy atom. The largest absolute Gasteiger partial charge is 0.378 e. The molecule has 1 aliphatic rings. The molecule has 0 bridgehead atoms. The third-order valence-electron chi connectivity index (χ3n) is 4.47. The normalized spacial score (nSPS) is 15.1.